The third-order valence-corrected chi connectivity index (χ3v) is 3.35. The van der Waals surface area contributed by atoms with Crippen LogP contribution in [0.4, 0.5) is 0 Å². The summed E-state index contributed by atoms with van der Waals surface area (Å²) < 4.78 is 34.8. The zero-order chi connectivity index (χ0) is 12.8. The maximum absolute atomic E-state index is 10.9. The van der Waals surface area contributed by atoms with Gasteiger partial charge in [-0.1, -0.05) is 6.58 Å². The lowest BCUT2D eigenvalue weighted by molar-refractivity contribution is -0.139. The van der Waals surface area contributed by atoms with Gasteiger partial charge in [-0.3, -0.25) is 4.55 Å². The van der Waals surface area contributed by atoms with E-state index in [9.17, 15) is 13.2 Å². The highest BCUT2D eigenvalue weighted by Crippen LogP contribution is 2.08. The minimum atomic E-state index is -3.94. The first-order valence-corrected chi connectivity index (χ1v) is 6.54. The van der Waals surface area contributed by atoms with Crippen molar-refractivity contribution in [2.75, 3.05) is 6.61 Å². The van der Waals surface area contributed by atoms with Gasteiger partial charge in [0, 0.05) is 5.57 Å². The lowest BCUT2D eigenvalue weighted by atomic mass is 10.2. The van der Waals surface area contributed by atoms with Crippen molar-refractivity contribution in [1.29, 1.82) is 0 Å². The second-order valence-corrected chi connectivity index (χ2v) is 5.57. The van der Waals surface area contributed by atoms with Gasteiger partial charge in [0.15, 0.2) is 0 Å². The molecule has 1 atom stereocenters. The molecular formula is C10H18O5S. The average Bonchev–Trinajstić information content (AvgIpc) is 2.14. The zero-order valence-electron chi connectivity index (χ0n) is 9.60. The number of unbranched alkanes of at least 4 members (excludes halogenated alkanes) is 1. The first kappa shape index (κ1) is 15.1. The van der Waals surface area contributed by atoms with E-state index in [1.807, 2.05) is 0 Å². The van der Waals surface area contributed by atoms with Crippen molar-refractivity contribution in [1.82, 2.24) is 0 Å². The molecular weight excluding hydrogens is 232 g/mol. The van der Waals surface area contributed by atoms with Crippen LogP contribution >= 0.6 is 0 Å². The molecule has 0 heterocycles. The maximum Gasteiger partial charge on any atom is 0.333 e. The number of hydrogen-bond donors (Lipinski definition) is 1. The van der Waals surface area contributed by atoms with Gasteiger partial charge in [-0.05, 0) is 33.1 Å². The van der Waals surface area contributed by atoms with E-state index in [1.165, 1.54) is 6.92 Å². The second kappa shape index (κ2) is 6.65. The molecule has 0 bridgehead atoms. The summed E-state index contributed by atoms with van der Waals surface area (Å²) in [6.45, 7) is 6.67. The van der Waals surface area contributed by atoms with Gasteiger partial charge in [0.05, 0.1) is 11.9 Å². The molecule has 1 N–H and O–H groups in total. The molecule has 0 aromatic rings. The summed E-state index contributed by atoms with van der Waals surface area (Å²) >= 11 is 0. The molecule has 5 nitrogen and oxygen atoms in total. The van der Waals surface area contributed by atoms with Gasteiger partial charge in [-0.2, -0.15) is 8.42 Å². The van der Waals surface area contributed by atoms with E-state index in [0.717, 1.165) is 0 Å². The predicted octanol–water partition coefficient (Wildman–Crippen LogP) is 1.55. The third-order valence-electron chi connectivity index (χ3n) is 2.10. The molecule has 0 radical (unpaired) electrons. The van der Waals surface area contributed by atoms with E-state index in [2.05, 4.69) is 6.58 Å². The van der Waals surface area contributed by atoms with Crippen LogP contribution in [0, 0.1) is 0 Å². The van der Waals surface area contributed by atoms with Gasteiger partial charge < -0.3 is 4.74 Å². The van der Waals surface area contributed by atoms with Gasteiger partial charge >= 0.3 is 5.97 Å². The molecule has 6 heteroatoms. The highest BCUT2D eigenvalue weighted by atomic mass is 32.2. The Labute approximate surface area is 96.2 Å². The minimum Gasteiger partial charge on any atom is -0.462 e. The van der Waals surface area contributed by atoms with Gasteiger partial charge in [-0.25, -0.2) is 4.79 Å². The van der Waals surface area contributed by atoms with Crippen LogP contribution < -0.4 is 0 Å². The summed E-state index contributed by atoms with van der Waals surface area (Å²) in [6, 6.07) is 0. The fourth-order valence-electron chi connectivity index (χ4n) is 0.971. The van der Waals surface area contributed by atoms with Crippen molar-refractivity contribution < 1.29 is 22.5 Å². The van der Waals surface area contributed by atoms with Crippen LogP contribution in [0.3, 0.4) is 0 Å². The van der Waals surface area contributed by atoms with Crippen LogP contribution in [0.2, 0.25) is 0 Å². The second-order valence-electron chi connectivity index (χ2n) is 3.74. The Kier molecular flexibility index (Phi) is 6.28. The van der Waals surface area contributed by atoms with Gasteiger partial charge in [0.1, 0.15) is 0 Å². The molecule has 0 aliphatic heterocycles. The van der Waals surface area contributed by atoms with E-state index in [4.69, 9.17) is 9.29 Å². The van der Waals surface area contributed by atoms with Crippen molar-refractivity contribution in [3.63, 3.8) is 0 Å². The Morgan fingerprint density at radius 2 is 2.00 bits per heavy atom. The van der Waals surface area contributed by atoms with E-state index >= 15 is 0 Å². The fourth-order valence-corrected chi connectivity index (χ4v) is 1.44. The summed E-state index contributed by atoms with van der Waals surface area (Å²) in [7, 11) is -3.94. The van der Waals surface area contributed by atoms with E-state index < -0.39 is 21.3 Å². The van der Waals surface area contributed by atoms with Crippen molar-refractivity contribution in [2.45, 2.75) is 38.4 Å². The Balaban J connectivity index is 3.63. The maximum atomic E-state index is 10.9. The van der Waals surface area contributed by atoms with Crippen molar-refractivity contribution in [3.05, 3.63) is 12.2 Å². The Bertz CT molecular complexity index is 344. The Morgan fingerprint density at radius 1 is 1.44 bits per heavy atom. The third kappa shape index (κ3) is 6.58. The molecule has 0 aromatic carbocycles. The van der Waals surface area contributed by atoms with Gasteiger partial charge in [0.2, 0.25) is 0 Å². The smallest absolute Gasteiger partial charge is 0.333 e. The van der Waals surface area contributed by atoms with E-state index in [-0.39, 0.29) is 6.61 Å². The standard InChI is InChI=1S/C10H18O5S/c1-8(2)10(11)15-7-5-4-6-9(3)16(12,13)14/h9H,1,4-7H2,2-3H3,(H,12,13,14). The van der Waals surface area contributed by atoms with Crippen LogP contribution in [-0.4, -0.2) is 30.8 Å². The number of hydrogen-bond acceptors (Lipinski definition) is 4. The summed E-state index contributed by atoms with van der Waals surface area (Å²) in [5, 5.41) is -0.774. The first-order chi connectivity index (χ1) is 7.25. The number of esters is 1. The number of carbonyl (C=O) groups excluding carboxylic acids is 1. The lowest BCUT2D eigenvalue weighted by Crippen LogP contribution is -2.16. The van der Waals surface area contributed by atoms with E-state index in [1.54, 1.807) is 6.92 Å². The molecule has 0 aliphatic rings. The topological polar surface area (TPSA) is 80.7 Å². The molecule has 94 valence electrons. The number of ether oxygens (including phenoxy) is 1. The normalized spacial score (nSPS) is 13.2. The molecule has 0 aromatic heterocycles. The van der Waals surface area contributed by atoms with Crippen LogP contribution in [0.15, 0.2) is 12.2 Å². The van der Waals surface area contributed by atoms with Crippen LogP contribution in [0.1, 0.15) is 33.1 Å². The molecule has 0 spiro atoms. The largest absolute Gasteiger partial charge is 0.462 e. The summed E-state index contributed by atoms with van der Waals surface area (Å²) in [5.74, 6) is -0.442. The highest BCUT2D eigenvalue weighted by Gasteiger charge is 2.16. The van der Waals surface area contributed by atoms with Crippen molar-refractivity contribution in [3.8, 4) is 0 Å². The summed E-state index contributed by atoms with van der Waals surface area (Å²) in [6.07, 6.45) is 1.49. The molecule has 0 aliphatic carbocycles. The van der Waals surface area contributed by atoms with Crippen molar-refractivity contribution >= 4 is 16.1 Å². The summed E-state index contributed by atoms with van der Waals surface area (Å²) in [4.78, 5) is 10.9. The Morgan fingerprint density at radius 3 is 2.44 bits per heavy atom. The molecule has 0 saturated heterocycles. The highest BCUT2D eigenvalue weighted by molar-refractivity contribution is 7.86. The molecule has 1 unspecified atom stereocenters. The average molecular weight is 250 g/mol. The monoisotopic (exact) mass is 250 g/mol. The van der Waals surface area contributed by atoms with Gasteiger partial charge in [-0.15, -0.1) is 0 Å². The predicted molar refractivity (Wildman–Crippen MR) is 60.6 cm³/mol. The van der Waals surface area contributed by atoms with Crippen molar-refractivity contribution in [2.24, 2.45) is 0 Å². The molecule has 0 fully saturated rings. The lowest BCUT2D eigenvalue weighted by Gasteiger charge is -2.07. The van der Waals surface area contributed by atoms with Crippen LogP contribution in [-0.2, 0) is 19.6 Å². The molecule has 0 rings (SSSR count). The SMILES string of the molecule is C=C(C)C(=O)OCCCCC(C)S(=O)(=O)O. The number of carbonyl (C=O) groups is 1. The Hall–Kier alpha value is -0.880. The quantitative estimate of drug-likeness (QED) is 0.321. The first-order valence-electron chi connectivity index (χ1n) is 5.04. The van der Waals surface area contributed by atoms with Gasteiger partial charge in [0.25, 0.3) is 10.1 Å². The molecule has 0 saturated carbocycles. The molecule has 0 amide bonds. The van der Waals surface area contributed by atoms with Crippen LogP contribution in [0.25, 0.3) is 0 Å². The minimum absolute atomic E-state index is 0.240. The van der Waals surface area contributed by atoms with E-state index in [0.29, 0.717) is 24.8 Å². The molecule has 16 heavy (non-hydrogen) atoms. The van der Waals surface area contributed by atoms with Crippen LogP contribution in [0.5, 0.6) is 0 Å². The zero-order valence-corrected chi connectivity index (χ0v) is 10.4. The number of rotatable bonds is 7. The summed E-state index contributed by atoms with van der Waals surface area (Å²) in [5.41, 5.74) is 0.339. The fraction of sp³-hybridized carbons (Fsp3) is 0.700.